The first-order valence-electron chi connectivity index (χ1n) is 5.51. The Kier molecular flexibility index (Phi) is 4.96. The number of amides is 1. The molecule has 0 aliphatic heterocycles. The Morgan fingerprint density at radius 2 is 1.83 bits per heavy atom. The lowest BCUT2D eigenvalue weighted by Crippen LogP contribution is -2.48. The van der Waals surface area contributed by atoms with Crippen molar-refractivity contribution in [2.24, 2.45) is 0 Å². The molecular formula is C12H17Cl2N3O. The van der Waals surface area contributed by atoms with Gasteiger partial charge in [0.2, 0.25) is 0 Å². The monoisotopic (exact) mass is 289 g/mol. The number of nitrogens with one attached hydrogen (secondary N) is 1. The minimum Gasteiger partial charge on any atom is -0.350 e. The number of halogens is 2. The number of pyridine rings is 1. The number of aromatic nitrogens is 1. The fourth-order valence-electron chi connectivity index (χ4n) is 1.15. The molecule has 0 spiro atoms. The molecule has 1 N–H and O–H groups in total. The highest BCUT2D eigenvalue weighted by Crippen LogP contribution is 2.15. The van der Waals surface area contributed by atoms with E-state index >= 15 is 0 Å². The topological polar surface area (TPSA) is 45.2 Å². The molecule has 1 amide bonds. The number of carbonyl (C=O) groups excluding carboxylic acids is 1. The summed E-state index contributed by atoms with van der Waals surface area (Å²) < 4.78 is 0. The lowest BCUT2D eigenvalue weighted by molar-refractivity contribution is 0.0919. The van der Waals surface area contributed by atoms with Crippen molar-refractivity contribution >= 4 is 29.1 Å². The second-order valence-electron chi connectivity index (χ2n) is 4.89. The molecule has 0 saturated heterocycles. The Bertz CT molecular complexity index is 427. The third-order valence-electron chi connectivity index (χ3n) is 2.92. The predicted molar refractivity (Wildman–Crippen MR) is 74.4 cm³/mol. The summed E-state index contributed by atoms with van der Waals surface area (Å²) in [5.74, 6) is -0.212. The molecule has 1 heterocycles. The van der Waals surface area contributed by atoms with Crippen molar-refractivity contribution in [1.82, 2.24) is 15.2 Å². The number of rotatable bonds is 4. The molecule has 0 bridgehead atoms. The molecule has 0 fully saturated rings. The number of likely N-dealkylation sites (N-methyl/N-ethyl adjacent to an activating group) is 1. The summed E-state index contributed by atoms with van der Waals surface area (Å²) in [4.78, 5) is 17.8. The summed E-state index contributed by atoms with van der Waals surface area (Å²) >= 11 is 11.5. The van der Waals surface area contributed by atoms with Crippen molar-refractivity contribution in [2.45, 2.75) is 19.4 Å². The molecule has 1 rings (SSSR count). The third-order valence-corrected chi connectivity index (χ3v) is 3.30. The highest BCUT2D eigenvalue weighted by molar-refractivity contribution is 6.33. The zero-order chi connectivity index (χ0) is 13.9. The Morgan fingerprint density at radius 3 is 2.28 bits per heavy atom. The SMILES string of the molecule is CN(C)C(C)(C)CNC(=O)c1cc(Cl)nc(Cl)c1. The van der Waals surface area contributed by atoms with Gasteiger partial charge in [0.05, 0.1) is 0 Å². The zero-order valence-electron chi connectivity index (χ0n) is 10.9. The smallest absolute Gasteiger partial charge is 0.251 e. The first-order chi connectivity index (χ1) is 8.22. The second-order valence-corrected chi connectivity index (χ2v) is 5.67. The van der Waals surface area contributed by atoms with Gasteiger partial charge in [0, 0.05) is 17.6 Å². The molecule has 1 aromatic heterocycles. The molecular weight excluding hydrogens is 273 g/mol. The standard InChI is InChI=1S/C12H17Cl2N3O/c1-12(2,17(3)4)7-15-11(18)8-5-9(13)16-10(14)6-8/h5-6H,7H2,1-4H3,(H,15,18). The van der Waals surface area contributed by atoms with Crippen LogP contribution in [0.1, 0.15) is 24.2 Å². The quantitative estimate of drug-likeness (QED) is 0.866. The molecule has 6 heteroatoms. The summed E-state index contributed by atoms with van der Waals surface area (Å²) in [5.41, 5.74) is 0.283. The minimum atomic E-state index is -0.212. The largest absolute Gasteiger partial charge is 0.350 e. The van der Waals surface area contributed by atoms with E-state index in [4.69, 9.17) is 23.2 Å². The van der Waals surface area contributed by atoms with Gasteiger partial charge in [0.1, 0.15) is 10.3 Å². The summed E-state index contributed by atoms with van der Waals surface area (Å²) in [5, 5.41) is 3.27. The van der Waals surface area contributed by atoms with E-state index in [9.17, 15) is 4.79 Å². The number of hydrogen-bond acceptors (Lipinski definition) is 3. The van der Waals surface area contributed by atoms with Crippen LogP contribution in [0.3, 0.4) is 0 Å². The average Bonchev–Trinajstić information content (AvgIpc) is 2.24. The molecule has 0 unspecified atom stereocenters. The van der Waals surface area contributed by atoms with Crippen LogP contribution in [0.4, 0.5) is 0 Å². The Hall–Kier alpha value is -0.840. The maximum atomic E-state index is 11.9. The van der Waals surface area contributed by atoms with E-state index in [-0.39, 0.29) is 21.8 Å². The van der Waals surface area contributed by atoms with E-state index in [1.54, 1.807) is 0 Å². The van der Waals surface area contributed by atoms with Gasteiger partial charge in [-0.25, -0.2) is 4.98 Å². The summed E-state index contributed by atoms with van der Waals surface area (Å²) in [6, 6.07) is 2.98. The average molecular weight is 290 g/mol. The molecule has 1 aromatic rings. The van der Waals surface area contributed by atoms with Crippen LogP contribution in [0.15, 0.2) is 12.1 Å². The van der Waals surface area contributed by atoms with Gasteiger partial charge in [-0.15, -0.1) is 0 Å². The van der Waals surface area contributed by atoms with E-state index in [1.807, 2.05) is 32.8 Å². The molecule has 0 saturated carbocycles. The second kappa shape index (κ2) is 5.87. The molecule has 18 heavy (non-hydrogen) atoms. The zero-order valence-corrected chi connectivity index (χ0v) is 12.4. The van der Waals surface area contributed by atoms with Gasteiger partial charge in [-0.2, -0.15) is 0 Å². The van der Waals surface area contributed by atoms with Gasteiger partial charge in [-0.05, 0) is 40.1 Å². The molecule has 0 radical (unpaired) electrons. The Morgan fingerprint density at radius 1 is 1.33 bits per heavy atom. The van der Waals surface area contributed by atoms with Crippen LogP contribution in [-0.2, 0) is 0 Å². The van der Waals surface area contributed by atoms with E-state index in [0.29, 0.717) is 12.1 Å². The normalized spacial score (nSPS) is 11.7. The molecule has 0 aliphatic rings. The molecule has 100 valence electrons. The van der Waals surface area contributed by atoms with Crippen molar-refractivity contribution < 1.29 is 4.79 Å². The van der Waals surface area contributed by atoms with Crippen LogP contribution in [-0.4, -0.2) is 42.0 Å². The van der Waals surface area contributed by atoms with E-state index < -0.39 is 0 Å². The molecule has 0 aliphatic carbocycles. The van der Waals surface area contributed by atoms with Gasteiger partial charge in [0.25, 0.3) is 5.91 Å². The highest BCUT2D eigenvalue weighted by atomic mass is 35.5. The Labute approximate surface area is 117 Å². The van der Waals surface area contributed by atoms with Crippen molar-refractivity contribution in [3.05, 3.63) is 28.0 Å². The minimum absolute atomic E-state index is 0.129. The van der Waals surface area contributed by atoms with Crippen molar-refractivity contribution in [3.8, 4) is 0 Å². The fraction of sp³-hybridized carbons (Fsp3) is 0.500. The van der Waals surface area contributed by atoms with Crippen LogP contribution in [0, 0.1) is 0 Å². The van der Waals surface area contributed by atoms with Crippen molar-refractivity contribution in [1.29, 1.82) is 0 Å². The van der Waals surface area contributed by atoms with Crippen LogP contribution in [0.2, 0.25) is 10.3 Å². The first-order valence-corrected chi connectivity index (χ1v) is 6.27. The van der Waals surface area contributed by atoms with Crippen molar-refractivity contribution in [2.75, 3.05) is 20.6 Å². The van der Waals surface area contributed by atoms with Crippen LogP contribution >= 0.6 is 23.2 Å². The van der Waals surface area contributed by atoms with Crippen LogP contribution in [0.25, 0.3) is 0 Å². The molecule has 0 atom stereocenters. The lowest BCUT2D eigenvalue weighted by Gasteiger charge is -2.32. The maximum absolute atomic E-state index is 11.9. The third kappa shape index (κ3) is 4.12. The Balaban J connectivity index is 2.72. The highest BCUT2D eigenvalue weighted by Gasteiger charge is 2.21. The van der Waals surface area contributed by atoms with E-state index in [1.165, 1.54) is 12.1 Å². The summed E-state index contributed by atoms with van der Waals surface area (Å²) in [7, 11) is 3.93. The van der Waals surface area contributed by atoms with Crippen LogP contribution < -0.4 is 5.32 Å². The van der Waals surface area contributed by atoms with Gasteiger partial charge in [-0.1, -0.05) is 23.2 Å². The first kappa shape index (κ1) is 15.2. The van der Waals surface area contributed by atoms with Crippen LogP contribution in [0.5, 0.6) is 0 Å². The molecule has 4 nitrogen and oxygen atoms in total. The summed E-state index contributed by atoms with van der Waals surface area (Å²) in [6.45, 7) is 4.61. The van der Waals surface area contributed by atoms with Gasteiger partial charge < -0.3 is 10.2 Å². The van der Waals surface area contributed by atoms with E-state index in [0.717, 1.165) is 0 Å². The fourth-order valence-corrected chi connectivity index (χ4v) is 1.61. The predicted octanol–water partition coefficient (Wildman–Crippen LogP) is 2.46. The lowest BCUT2D eigenvalue weighted by atomic mass is 10.0. The van der Waals surface area contributed by atoms with Gasteiger partial charge in [-0.3, -0.25) is 4.79 Å². The maximum Gasteiger partial charge on any atom is 0.251 e. The van der Waals surface area contributed by atoms with Gasteiger partial charge in [0.15, 0.2) is 0 Å². The van der Waals surface area contributed by atoms with Crippen molar-refractivity contribution in [3.63, 3.8) is 0 Å². The molecule has 0 aromatic carbocycles. The van der Waals surface area contributed by atoms with Gasteiger partial charge >= 0.3 is 0 Å². The van der Waals surface area contributed by atoms with E-state index in [2.05, 4.69) is 10.3 Å². The number of nitrogens with zero attached hydrogens (tertiary/aromatic N) is 2. The number of carbonyl (C=O) groups is 1. The number of hydrogen-bond donors (Lipinski definition) is 1. The summed E-state index contributed by atoms with van der Waals surface area (Å²) in [6.07, 6.45) is 0.